The van der Waals surface area contributed by atoms with Crippen molar-refractivity contribution in [2.45, 2.75) is 43.4 Å². The predicted molar refractivity (Wildman–Crippen MR) is 83.3 cm³/mol. The lowest BCUT2D eigenvalue weighted by atomic mass is 10.0. The Balaban J connectivity index is 2.04. The third-order valence-electron chi connectivity index (χ3n) is 4.26. The smallest absolute Gasteiger partial charge is 0.302 e. The normalized spacial score (nSPS) is 16.3. The summed E-state index contributed by atoms with van der Waals surface area (Å²) in [6, 6.07) is 0. The van der Waals surface area contributed by atoms with Gasteiger partial charge in [0.25, 0.3) is 5.56 Å². The van der Waals surface area contributed by atoms with Crippen molar-refractivity contribution in [3.8, 4) is 0 Å². The molecule has 1 saturated carbocycles. The molecule has 1 heterocycles. The average Bonchev–Trinajstić information content (AvgIpc) is 2.98. The Bertz CT molecular complexity index is 742. The Morgan fingerprint density at radius 1 is 1.23 bits per heavy atom. The fraction of sp³-hybridized carbons (Fsp3) is 0.714. The fourth-order valence-corrected chi connectivity index (χ4v) is 4.17. The molecule has 0 saturated heterocycles. The van der Waals surface area contributed by atoms with Crippen molar-refractivity contribution < 1.29 is 8.42 Å². The molecule has 1 aliphatic rings. The Hall–Kier alpha value is -1.41. The molecular weight excluding hydrogens is 306 g/mol. The third-order valence-corrected chi connectivity index (χ3v) is 5.70. The van der Waals surface area contributed by atoms with Gasteiger partial charge in [0.2, 0.25) is 10.0 Å². The van der Waals surface area contributed by atoms with Crippen molar-refractivity contribution in [1.29, 1.82) is 0 Å². The Kier molecular flexibility index (Phi) is 5.23. The van der Waals surface area contributed by atoms with Gasteiger partial charge in [-0.25, -0.2) is 17.9 Å². The van der Waals surface area contributed by atoms with Gasteiger partial charge in [0.1, 0.15) is 0 Å². The van der Waals surface area contributed by atoms with Crippen molar-refractivity contribution in [3.63, 3.8) is 0 Å². The summed E-state index contributed by atoms with van der Waals surface area (Å²) >= 11 is 0. The number of hydrogen-bond acceptors (Lipinski definition) is 4. The van der Waals surface area contributed by atoms with E-state index in [1.54, 1.807) is 0 Å². The predicted octanol–water partition coefficient (Wildman–Crippen LogP) is 0.333. The highest BCUT2D eigenvalue weighted by atomic mass is 32.2. The van der Waals surface area contributed by atoms with E-state index in [4.69, 9.17) is 0 Å². The molecule has 124 valence electrons. The van der Waals surface area contributed by atoms with E-state index in [1.165, 1.54) is 39.8 Å². The molecule has 0 bridgehead atoms. The van der Waals surface area contributed by atoms with E-state index in [0.29, 0.717) is 12.5 Å². The minimum absolute atomic E-state index is 0.310. The van der Waals surface area contributed by atoms with Gasteiger partial charge in [-0.1, -0.05) is 25.7 Å². The Morgan fingerprint density at radius 2 is 1.86 bits per heavy atom. The molecule has 0 aliphatic heterocycles. The van der Waals surface area contributed by atoms with Crippen LogP contribution in [0.1, 0.15) is 38.5 Å². The molecule has 1 aromatic rings. The van der Waals surface area contributed by atoms with E-state index in [2.05, 4.69) is 4.72 Å². The zero-order valence-corrected chi connectivity index (χ0v) is 13.9. The number of nitrogens with zero attached hydrogens (tertiary/aromatic N) is 2. The number of aryl methyl sites for hydroxylation is 1. The van der Waals surface area contributed by atoms with E-state index in [-0.39, 0.29) is 0 Å². The molecule has 0 atom stereocenters. The second-order valence-corrected chi connectivity index (χ2v) is 7.68. The molecular formula is C14H23N3O4S. The fourth-order valence-electron chi connectivity index (χ4n) is 2.93. The van der Waals surface area contributed by atoms with Gasteiger partial charge in [-0.3, -0.25) is 9.36 Å². The van der Waals surface area contributed by atoms with E-state index in [1.807, 2.05) is 0 Å². The summed E-state index contributed by atoms with van der Waals surface area (Å²) in [7, 11) is -1.21. The monoisotopic (exact) mass is 329 g/mol. The molecule has 1 fully saturated rings. The standard InChI is InChI=1S/C14H23N3O4S/c1-16-10-12(13(18)17(2)14(16)19)22(20,21)15-9-5-8-11-6-3-4-7-11/h10-11,15H,3-9H2,1-2H3. The lowest BCUT2D eigenvalue weighted by Gasteiger charge is -2.11. The Morgan fingerprint density at radius 3 is 2.50 bits per heavy atom. The van der Waals surface area contributed by atoms with Crippen LogP contribution in [0.5, 0.6) is 0 Å². The van der Waals surface area contributed by atoms with Gasteiger partial charge in [-0.05, 0) is 18.8 Å². The average molecular weight is 329 g/mol. The van der Waals surface area contributed by atoms with Crippen molar-refractivity contribution in [1.82, 2.24) is 13.9 Å². The summed E-state index contributed by atoms with van der Waals surface area (Å²) in [5.41, 5.74) is -1.35. The molecule has 0 radical (unpaired) electrons. The first-order valence-corrected chi connectivity index (χ1v) is 9.07. The minimum Gasteiger partial charge on any atom is -0.302 e. The third kappa shape index (κ3) is 3.67. The summed E-state index contributed by atoms with van der Waals surface area (Å²) in [6.45, 7) is 0.310. The van der Waals surface area contributed by atoms with E-state index >= 15 is 0 Å². The maximum Gasteiger partial charge on any atom is 0.330 e. The summed E-state index contributed by atoms with van der Waals surface area (Å²) < 4.78 is 28.8. The van der Waals surface area contributed by atoms with Crippen molar-refractivity contribution in [2.75, 3.05) is 6.54 Å². The molecule has 1 aromatic heterocycles. The van der Waals surface area contributed by atoms with Crippen LogP contribution in [0.3, 0.4) is 0 Å². The van der Waals surface area contributed by atoms with Gasteiger partial charge in [0.05, 0.1) is 0 Å². The van der Waals surface area contributed by atoms with Crippen LogP contribution in [0, 0.1) is 5.92 Å². The number of sulfonamides is 1. The van der Waals surface area contributed by atoms with Crippen LogP contribution >= 0.6 is 0 Å². The lowest BCUT2D eigenvalue weighted by Crippen LogP contribution is -2.41. The number of aromatic nitrogens is 2. The highest BCUT2D eigenvalue weighted by Crippen LogP contribution is 2.28. The maximum atomic E-state index is 12.2. The molecule has 0 unspecified atom stereocenters. The van der Waals surface area contributed by atoms with E-state index < -0.39 is 26.2 Å². The molecule has 0 aromatic carbocycles. The molecule has 7 nitrogen and oxygen atoms in total. The van der Waals surface area contributed by atoms with Gasteiger partial charge in [-0.2, -0.15) is 0 Å². The SMILES string of the molecule is Cn1cc(S(=O)(=O)NCCCC2CCCC2)c(=O)n(C)c1=O. The van der Waals surface area contributed by atoms with Gasteiger partial charge < -0.3 is 4.57 Å². The maximum absolute atomic E-state index is 12.2. The molecule has 8 heteroatoms. The molecule has 0 spiro atoms. The molecule has 1 N–H and O–H groups in total. The summed E-state index contributed by atoms with van der Waals surface area (Å²) in [4.78, 5) is 23.2. The highest BCUT2D eigenvalue weighted by molar-refractivity contribution is 7.89. The van der Waals surface area contributed by atoms with Gasteiger partial charge in [0, 0.05) is 26.8 Å². The second-order valence-electron chi connectivity index (χ2n) is 5.94. The topological polar surface area (TPSA) is 90.2 Å². The zero-order chi connectivity index (χ0) is 16.3. The first-order chi connectivity index (χ1) is 10.3. The number of nitrogens with one attached hydrogen (secondary N) is 1. The van der Waals surface area contributed by atoms with Crippen molar-refractivity contribution >= 4 is 10.0 Å². The molecule has 2 rings (SSSR count). The van der Waals surface area contributed by atoms with Crippen LogP contribution < -0.4 is 16.0 Å². The molecule has 1 aliphatic carbocycles. The largest absolute Gasteiger partial charge is 0.330 e. The van der Waals surface area contributed by atoms with E-state index in [0.717, 1.165) is 28.2 Å². The number of rotatable bonds is 6. The second kappa shape index (κ2) is 6.78. The first kappa shape index (κ1) is 17.0. The quantitative estimate of drug-likeness (QED) is 0.762. The minimum atomic E-state index is -3.89. The van der Waals surface area contributed by atoms with Gasteiger partial charge in [0.15, 0.2) is 4.90 Å². The van der Waals surface area contributed by atoms with Crippen LogP contribution in [-0.2, 0) is 24.1 Å². The summed E-state index contributed by atoms with van der Waals surface area (Å²) in [5.74, 6) is 0.704. The lowest BCUT2D eigenvalue weighted by molar-refractivity contribution is 0.480. The van der Waals surface area contributed by atoms with Crippen LogP contribution in [0.4, 0.5) is 0 Å². The highest BCUT2D eigenvalue weighted by Gasteiger charge is 2.21. The first-order valence-electron chi connectivity index (χ1n) is 7.59. The van der Waals surface area contributed by atoms with Crippen LogP contribution in [-0.4, -0.2) is 24.1 Å². The van der Waals surface area contributed by atoms with Crippen molar-refractivity contribution in [3.05, 3.63) is 27.0 Å². The van der Waals surface area contributed by atoms with Crippen LogP contribution in [0.15, 0.2) is 20.7 Å². The summed E-state index contributed by atoms with van der Waals surface area (Å²) in [6.07, 6.45) is 7.84. The van der Waals surface area contributed by atoms with Crippen LogP contribution in [0.2, 0.25) is 0 Å². The molecule has 22 heavy (non-hydrogen) atoms. The summed E-state index contributed by atoms with van der Waals surface area (Å²) in [5, 5.41) is 0. The Labute approximate surface area is 130 Å². The molecule has 0 amide bonds. The van der Waals surface area contributed by atoms with E-state index in [9.17, 15) is 18.0 Å². The zero-order valence-electron chi connectivity index (χ0n) is 13.0. The number of hydrogen-bond donors (Lipinski definition) is 1. The van der Waals surface area contributed by atoms with Gasteiger partial charge >= 0.3 is 5.69 Å². The van der Waals surface area contributed by atoms with Crippen LogP contribution in [0.25, 0.3) is 0 Å². The van der Waals surface area contributed by atoms with Crippen molar-refractivity contribution in [2.24, 2.45) is 20.0 Å². The van der Waals surface area contributed by atoms with Gasteiger partial charge in [-0.15, -0.1) is 0 Å².